The standard InChI is InChI=1S/C16H19Cl2N3O2/c1-7(2)12-13(8(3)4)16(21-20-15(12)22)23-14-10(17)5-9(19)6-11(14)18/h5-8H,19H2,1-4H3,(H,20,22). The summed E-state index contributed by atoms with van der Waals surface area (Å²) in [6, 6.07) is 3.10. The monoisotopic (exact) mass is 355 g/mol. The third-order valence-electron chi connectivity index (χ3n) is 3.40. The van der Waals surface area contributed by atoms with Crippen molar-refractivity contribution in [3.05, 3.63) is 43.7 Å². The Kier molecular flexibility index (Phi) is 5.22. The number of H-pyrrole nitrogens is 1. The molecule has 0 unspecified atom stereocenters. The molecule has 23 heavy (non-hydrogen) atoms. The number of ether oxygens (including phenoxy) is 1. The molecule has 0 fully saturated rings. The van der Waals surface area contributed by atoms with Crippen LogP contribution in [-0.2, 0) is 0 Å². The number of nitrogen functional groups attached to an aromatic ring is 1. The Morgan fingerprint density at radius 1 is 1.09 bits per heavy atom. The van der Waals surface area contributed by atoms with E-state index in [-0.39, 0.29) is 39.1 Å². The molecular formula is C16H19Cl2N3O2. The molecular weight excluding hydrogens is 337 g/mol. The van der Waals surface area contributed by atoms with Crippen molar-refractivity contribution >= 4 is 28.9 Å². The second-order valence-corrected chi connectivity index (χ2v) is 6.72. The zero-order chi connectivity index (χ0) is 17.3. The van der Waals surface area contributed by atoms with Crippen molar-refractivity contribution in [3.63, 3.8) is 0 Å². The molecule has 2 aromatic rings. The Morgan fingerprint density at radius 2 is 1.61 bits per heavy atom. The molecule has 124 valence electrons. The summed E-state index contributed by atoms with van der Waals surface area (Å²) in [6.07, 6.45) is 0. The predicted octanol–water partition coefficient (Wildman–Crippen LogP) is 4.70. The Morgan fingerprint density at radius 3 is 2.09 bits per heavy atom. The van der Waals surface area contributed by atoms with Crippen LogP contribution in [-0.4, -0.2) is 10.2 Å². The number of nitrogens with two attached hydrogens (primary N) is 1. The Balaban J connectivity index is 2.62. The van der Waals surface area contributed by atoms with Gasteiger partial charge in [0.15, 0.2) is 5.75 Å². The van der Waals surface area contributed by atoms with E-state index < -0.39 is 0 Å². The number of nitrogens with one attached hydrogen (secondary N) is 1. The zero-order valence-corrected chi connectivity index (χ0v) is 14.9. The van der Waals surface area contributed by atoms with Gasteiger partial charge in [-0.2, -0.15) is 0 Å². The molecule has 0 spiro atoms. The Hall–Kier alpha value is -1.72. The number of halogens is 2. The van der Waals surface area contributed by atoms with Crippen LogP contribution in [0.4, 0.5) is 5.69 Å². The van der Waals surface area contributed by atoms with Gasteiger partial charge < -0.3 is 10.5 Å². The first-order valence-electron chi connectivity index (χ1n) is 7.27. The average Bonchev–Trinajstić information content (AvgIpc) is 2.42. The smallest absolute Gasteiger partial charge is 0.268 e. The SMILES string of the molecule is CC(C)c1c(Oc2c(Cl)cc(N)cc2Cl)n[nH]c(=O)c1C(C)C. The molecule has 0 aliphatic rings. The van der Waals surface area contributed by atoms with Gasteiger partial charge in [-0.25, -0.2) is 5.10 Å². The summed E-state index contributed by atoms with van der Waals surface area (Å²) in [5, 5.41) is 7.07. The maximum absolute atomic E-state index is 12.1. The normalized spacial score (nSPS) is 11.3. The minimum Gasteiger partial charge on any atom is -0.434 e. The highest BCUT2D eigenvalue weighted by Crippen LogP contribution is 2.40. The van der Waals surface area contributed by atoms with Gasteiger partial charge in [0.05, 0.1) is 10.0 Å². The fourth-order valence-corrected chi connectivity index (χ4v) is 3.02. The quantitative estimate of drug-likeness (QED) is 0.778. The van der Waals surface area contributed by atoms with Crippen LogP contribution in [0.3, 0.4) is 0 Å². The molecule has 1 aromatic heterocycles. The van der Waals surface area contributed by atoms with Crippen molar-refractivity contribution in [2.75, 3.05) is 5.73 Å². The van der Waals surface area contributed by atoms with E-state index in [1.54, 1.807) is 12.1 Å². The summed E-state index contributed by atoms with van der Waals surface area (Å²) in [5.74, 6) is 0.623. The number of hydrogen-bond acceptors (Lipinski definition) is 4. The molecule has 7 heteroatoms. The molecule has 0 saturated carbocycles. The number of anilines is 1. The third kappa shape index (κ3) is 3.62. The van der Waals surface area contributed by atoms with E-state index in [1.807, 2.05) is 27.7 Å². The lowest BCUT2D eigenvalue weighted by Gasteiger charge is -2.18. The first-order valence-corrected chi connectivity index (χ1v) is 8.02. The van der Waals surface area contributed by atoms with Crippen LogP contribution in [0.1, 0.15) is 50.7 Å². The van der Waals surface area contributed by atoms with Gasteiger partial charge in [-0.15, -0.1) is 5.10 Å². The molecule has 1 heterocycles. The summed E-state index contributed by atoms with van der Waals surface area (Å²) >= 11 is 12.3. The van der Waals surface area contributed by atoms with Gasteiger partial charge in [0, 0.05) is 16.8 Å². The fraction of sp³-hybridized carbons (Fsp3) is 0.375. The van der Waals surface area contributed by atoms with Crippen LogP contribution in [0.15, 0.2) is 16.9 Å². The lowest BCUT2D eigenvalue weighted by molar-refractivity contribution is 0.441. The minimum absolute atomic E-state index is 0.0267. The molecule has 3 N–H and O–H groups in total. The number of benzene rings is 1. The highest BCUT2D eigenvalue weighted by Gasteiger charge is 2.22. The summed E-state index contributed by atoms with van der Waals surface area (Å²) in [5.41, 5.74) is 7.31. The first kappa shape index (κ1) is 17.6. The van der Waals surface area contributed by atoms with Gasteiger partial charge in [0.2, 0.25) is 5.88 Å². The van der Waals surface area contributed by atoms with E-state index in [0.29, 0.717) is 11.3 Å². The lowest BCUT2D eigenvalue weighted by Crippen LogP contribution is -2.20. The average molecular weight is 356 g/mol. The van der Waals surface area contributed by atoms with Crippen LogP contribution in [0.5, 0.6) is 11.6 Å². The number of rotatable bonds is 4. The predicted molar refractivity (Wildman–Crippen MR) is 94.0 cm³/mol. The van der Waals surface area contributed by atoms with Crippen molar-refractivity contribution < 1.29 is 4.74 Å². The highest BCUT2D eigenvalue weighted by molar-refractivity contribution is 6.37. The molecule has 0 aliphatic heterocycles. The van der Waals surface area contributed by atoms with Gasteiger partial charge in [-0.05, 0) is 24.0 Å². The highest BCUT2D eigenvalue weighted by atomic mass is 35.5. The number of nitrogens with zero attached hydrogens (tertiary/aromatic N) is 1. The maximum Gasteiger partial charge on any atom is 0.268 e. The topological polar surface area (TPSA) is 81.0 Å². The van der Waals surface area contributed by atoms with Crippen LogP contribution in [0.25, 0.3) is 0 Å². The van der Waals surface area contributed by atoms with Gasteiger partial charge in [0.25, 0.3) is 5.56 Å². The molecule has 0 aliphatic carbocycles. The fourth-order valence-electron chi connectivity index (χ4n) is 2.44. The Labute approximate surface area is 144 Å². The van der Waals surface area contributed by atoms with E-state index >= 15 is 0 Å². The summed E-state index contributed by atoms with van der Waals surface area (Å²) < 4.78 is 5.83. The van der Waals surface area contributed by atoms with E-state index in [4.69, 9.17) is 33.7 Å². The zero-order valence-electron chi connectivity index (χ0n) is 13.4. The lowest BCUT2D eigenvalue weighted by atomic mass is 9.93. The molecule has 5 nitrogen and oxygen atoms in total. The van der Waals surface area contributed by atoms with Gasteiger partial charge in [-0.1, -0.05) is 50.9 Å². The van der Waals surface area contributed by atoms with Crippen molar-refractivity contribution in [2.45, 2.75) is 39.5 Å². The largest absolute Gasteiger partial charge is 0.434 e. The molecule has 0 bridgehead atoms. The molecule has 0 saturated heterocycles. The van der Waals surface area contributed by atoms with E-state index in [9.17, 15) is 4.79 Å². The van der Waals surface area contributed by atoms with Crippen LogP contribution in [0, 0.1) is 0 Å². The van der Waals surface area contributed by atoms with E-state index in [1.165, 1.54) is 0 Å². The molecule has 1 aromatic carbocycles. The number of aromatic amines is 1. The van der Waals surface area contributed by atoms with Crippen LogP contribution in [0.2, 0.25) is 10.0 Å². The van der Waals surface area contributed by atoms with E-state index in [0.717, 1.165) is 5.56 Å². The summed E-state index contributed by atoms with van der Waals surface area (Å²) in [7, 11) is 0. The molecule has 2 rings (SSSR count). The Bertz CT molecular complexity index is 762. The maximum atomic E-state index is 12.1. The molecule has 0 amide bonds. The van der Waals surface area contributed by atoms with Crippen LogP contribution < -0.4 is 16.0 Å². The van der Waals surface area contributed by atoms with Crippen molar-refractivity contribution in [1.29, 1.82) is 0 Å². The molecule has 0 radical (unpaired) electrons. The second-order valence-electron chi connectivity index (χ2n) is 5.91. The summed E-state index contributed by atoms with van der Waals surface area (Å²) in [4.78, 5) is 12.1. The minimum atomic E-state index is -0.217. The molecule has 0 atom stereocenters. The second kappa shape index (κ2) is 6.81. The van der Waals surface area contributed by atoms with Crippen molar-refractivity contribution in [3.8, 4) is 11.6 Å². The van der Waals surface area contributed by atoms with Gasteiger partial charge >= 0.3 is 0 Å². The van der Waals surface area contributed by atoms with Crippen molar-refractivity contribution in [2.24, 2.45) is 0 Å². The third-order valence-corrected chi connectivity index (χ3v) is 3.96. The van der Waals surface area contributed by atoms with Gasteiger partial charge in [0.1, 0.15) is 0 Å². The first-order chi connectivity index (χ1) is 10.7. The van der Waals surface area contributed by atoms with Crippen LogP contribution >= 0.6 is 23.2 Å². The van der Waals surface area contributed by atoms with Crippen molar-refractivity contribution in [1.82, 2.24) is 10.2 Å². The van der Waals surface area contributed by atoms with E-state index in [2.05, 4.69) is 10.2 Å². The van der Waals surface area contributed by atoms with Gasteiger partial charge in [-0.3, -0.25) is 4.79 Å². The number of aromatic nitrogens is 2. The summed E-state index contributed by atoms with van der Waals surface area (Å²) in [6.45, 7) is 7.84. The number of hydrogen-bond donors (Lipinski definition) is 2.